The van der Waals surface area contributed by atoms with Crippen LogP contribution in [0.1, 0.15) is 35.4 Å². The third kappa shape index (κ3) is 6.92. The fraction of sp³-hybridized carbons (Fsp3) is 0.259. The van der Waals surface area contributed by atoms with E-state index in [1.807, 2.05) is 84.9 Å². The molecule has 0 bridgehead atoms. The maximum absolute atomic E-state index is 13.4. The van der Waals surface area contributed by atoms with E-state index < -0.39 is 12.0 Å². The molecule has 1 unspecified atom stereocenters. The zero-order valence-corrected chi connectivity index (χ0v) is 18.9. The summed E-state index contributed by atoms with van der Waals surface area (Å²) in [4.78, 5) is 26.4. The van der Waals surface area contributed by atoms with Gasteiger partial charge in [0.2, 0.25) is 11.8 Å². The molecule has 4 N–H and O–H groups in total. The lowest BCUT2D eigenvalue weighted by Gasteiger charge is -2.23. The van der Waals surface area contributed by atoms with Crippen molar-refractivity contribution in [1.82, 2.24) is 10.6 Å². The van der Waals surface area contributed by atoms with Gasteiger partial charge in [0.25, 0.3) is 0 Å². The average Bonchev–Trinajstić information content (AvgIpc) is 2.87. The van der Waals surface area contributed by atoms with Crippen LogP contribution in [-0.2, 0) is 16.1 Å². The third-order valence-corrected chi connectivity index (χ3v) is 5.48. The summed E-state index contributed by atoms with van der Waals surface area (Å²) in [6.45, 7) is 0.803. The van der Waals surface area contributed by atoms with Gasteiger partial charge in [0, 0.05) is 6.54 Å². The number of ether oxygens (including phenoxy) is 1. The van der Waals surface area contributed by atoms with E-state index in [0.29, 0.717) is 25.9 Å². The van der Waals surface area contributed by atoms with Crippen LogP contribution in [0.4, 0.5) is 0 Å². The van der Waals surface area contributed by atoms with Crippen molar-refractivity contribution in [3.63, 3.8) is 0 Å². The molecule has 33 heavy (non-hydrogen) atoms. The molecule has 0 fully saturated rings. The number of methoxy groups -OCH3 is 1. The Morgan fingerprint density at radius 1 is 0.848 bits per heavy atom. The Bertz CT molecular complexity index is 968. The van der Waals surface area contributed by atoms with Crippen LogP contribution in [0.3, 0.4) is 0 Å². The molecule has 172 valence electrons. The molecule has 2 amide bonds. The van der Waals surface area contributed by atoms with E-state index in [0.717, 1.165) is 22.4 Å². The normalized spacial score (nSPS) is 11.6. The predicted octanol–water partition coefficient (Wildman–Crippen LogP) is 3.37. The molecule has 3 aromatic rings. The Kier molecular flexibility index (Phi) is 9.03. The van der Waals surface area contributed by atoms with Crippen molar-refractivity contribution in [2.45, 2.75) is 31.3 Å². The van der Waals surface area contributed by atoms with Gasteiger partial charge in [-0.2, -0.15) is 0 Å². The summed E-state index contributed by atoms with van der Waals surface area (Å²) in [5.74, 6) is -0.199. The molecule has 0 aliphatic heterocycles. The van der Waals surface area contributed by atoms with Crippen LogP contribution in [-0.4, -0.2) is 31.5 Å². The minimum Gasteiger partial charge on any atom is -0.497 e. The number of carbonyl (C=O) groups excluding carboxylic acids is 2. The summed E-state index contributed by atoms with van der Waals surface area (Å²) in [5, 5.41) is 5.91. The second-order valence-electron chi connectivity index (χ2n) is 7.81. The van der Waals surface area contributed by atoms with Crippen LogP contribution in [0.15, 0.2) is 84.9 Å². The Morgan fingerprint density at radius 3 is 1.94 bits per heavy atom. The summed E-state index contributed by atoms with van der Waals surface area (Å²) in [6, 6.07) is 26.0. The highest BCUT2D eigenvalue weighted by Gasteiger charge is 2.27. The predicted molar refractivity (Wildman–Crippen MR) is 130 cm³/mol. The Morgan fingerprint density at radius 2 is 1.42 bits per heavy atom. The number of carbonyl (C=O) groups is 2. The first kappa shape index (κ1) is 24.0. The maximum atomic E-state index is 13.4. The molecule has 6 nitrogen and oxygen atoms in total. The second-order valence-corrected chi connectivity index (χ2v) is 7.81. The molecule has 6 heteroatoms. The Labute approximate surface area is 195 Å². The molecule has 0 aromatic heterocycles. The minimum atomic E-state index is -0.672. The first-order chi connectivity index (χ1) is 16.1. The van der Waals surface area contributed by atoms with Gasteiger partial charge in [0.15, 0.2) is 0 Å². The molecule has 0 heterocycles. The van der Waals surface area contributed by atoms with Crippen LogP contribution in [0.2, 0.25) is 0 Å². The molecular weight excluding hydrogens is 414 g/mol. The number of hydrogen-bond donors (Lipinski definition) is 3. The van der Waals surface area contributed by atoms with E-state index in [4.69, 9.17) is 10.5 Å². The van der Waals surface area contributed by atoms with Crippen molar-refractivity contribution in [1.29, 1.82) is 0 Å². The van der Waals surface area contributed by atoms with Crippen molar-refractivity contribution in [3.05, 3.63) is 102 Å². The number of nitrogens with two attached hydrogens (primary N) is 1. The lowest BCUT2D eigenvalue weighted by Crippen LogP contribution is -2.48. The molecule has 3 aromatic carbocycles. The van der Waals surface area contributed by atoms with Crippen LogP contribution < -0.4 is 21.1 Å². The Hall–Kier alpha value is -3.64. The summed E-state index contributed by atoms with van der Waals surface area (Å²) < 4.78 is 5.17. The van der Waals surface area contributed by atoms with Gasteiger partial charge >= 0.3 is 0 Å². The highest BCUT2D eigenvalue weighted by atomic mass is 16.5. The first-order valence-electron chi connectivity index (χ1n) is 11.1. The van der Waals surface area contributed by atoms with E-state index >= 15 is 0 Å². The second kappa shape index (κ2) is 12.4. The van der Waals surface area contributed by atoms with Crippen molar-refractivity contribution < 1.29 is 14.3 Å². The molecular formula is C27H31N3O3. The van der Waals surface area contributed by atoms with E-state index in [2.05, 4.69) is 10.6 Å². The van der Waals surface area contributed by atoms with Crippen LogP contribution >= 0.6 is 0 Å². The van der Waals surface area contributed by atoms with Crippen LogP contribution in [0.25, 0.3) is 0 Å². The molecule has 1 atom stereocenters. The number of amides is 2. The highest BCUT2D eigenvalue weighted by Crippen LogP contribution is 2.25. The van der Waals surface area contributed by atoms with Gasteiger partial charge in [-0.05, 0) is 48.2 Å². The van der Waals surface area contributed by atoms with E-state index in [1.165, 1.54) is 0 Å². The molecule has 0 saturated carbocycles. The zero-order chi connectivity index (χ0) is 23.5. The number of hydrogen-bond acceptors (Lipinski definition) is 4. The SMILES string of the molecule is COc1ccc(CNC(=O)C(CCCN)NC(=O)C(c2ccccc2)c2ccccc2)cc1. The smallest absolute Gasteiger partial charge is 0.242 e. The number of benzene rings is 3. The van der Waals surface area contributed by atoms with Gasteiger partial charge in [0.05, 0.1) is 13.0 Å². The third-order valence-electron chi connectivity index (χ3n) is 5.48. The largest absolute Gasteiger partial charge is 0.497 e. The summed E-state index contributed by atoms with van der Waals surface area (Å²) in [6.07, 6.45) is 1.09. The lowest BCUT2D eigenvalue weighted by atomic mass is 9.90. The summed E-state index contributed by atoms with van der Waals surface area (Å²) in [7, 11) is 1.61. The molecule has 0 aliphatic carbocycles. The van der Waals surface area contributed by atoms with Gasteiger partial charge in [-0.25, -0.2) is 0 Å². The van der Waals surface area contributed by atoms with Gasteiger partial charge in [0.1, 0.15) is 11.8 Å². The van der Waals surface area contributed by atoms with Crippen LogP contribution in [0.5, 0.6) is 5.75 Å². The highest BCUT2D eigenvalue weighted by molar-refractivity contribution is 5.92. The van der Waals surface area contributed by atoms with E-state index in [9.17, 15) is 9.59 Å². The maximum Gasteiger partial charge on any atom is 0.242 e. The lowest BCUT2D eigenvalue weighted by molar-refractivity contribution is -0.129. The molecule has 0 saturated heterocycles. The summed E-state index contributed by atoms with van der Waals surface area (Å²) >= 11 is 0. The van der Waals surface area contributed by atoms with Gasteiger partial charge in [-0.15, -0.1) is 0 Å². The van der Waals surface area contributed by atoms with E-state index in [-0.39, 0.29) is 11.8 Å². The molecule has 3 rings (SSSR count). The number of nitrogens with one attached hydrogen (secondary N) is 2. The summed E-state index contributed by atoms with van der Waals surface area (Å²) in [5.41, 5.74) is 8.37. The van der Waals surface area contributed by atoms with Crippen LogP contribution in [0, 0.1) is 0 Å². The monoisotopic (exact) mass is 445 g/mol. The topological polar surface area (TPSA) is 93.4 Å². The van der Waals surface area contributed by atoms with Crippen molar-refractivity contribution >= 4 is 11.8 Å². The molecule has 0 aliphatic rings. The van der Waals surface area contributed by atoms with Crippen molar-refractivity contribution in [2.75, 3.05) is 13.7 Å². The molecule has 0 radical (unpaired) electrons. The van der Waals surface area contributed by atoms with Crippen molar-refractivity contribution in [3.8, 4) is 5.75 Å². The van der Waals surface area contributed by atoms with Gasteiger partial charge in [-0.3, -0.25) is 9.59 Å². The average molecular weight is 446 g/mol. The first-order valence-corrected chi connectivity index (χ1v) is 11.1. The van der Waals surface area contributed by atoms with Crippen molar-refractivity contribution in [2.24, 2.45) is 5.73 Å². The Balaban J connectivity index is 1.73. The van der Waals surface area contributed by atoms with Gasteiger partial charge in [-0.1, -0.05) is 72.8 Å². The number of rotatable bonds is 11. The standard InChI is InChI=1S/C27H31N3O3/c1-33-23-16-14-20(15-17-23)19-29-26(31)24(13-8-18-28)30-27(32)25(21-9-4-2-5-10-21)22-11-6-3-7-12-22/h2-7,9-12,14-17,24-25H,8,13,18-19,28H2,1H3,(H,29,31)(H,30,32). The zero-order valence-electron chi connectivity index (χ0n) is 18.9. The quantitative estimate of drug-likeness (QED) is 0.422. The van der Waals surface area contributed by atoms with E-state index in [1.54, 1.807) is 7.11 Å². The fourth-order valence-electron chi connectivity index (χ4n) is 3.69. The minimum absolute atomic E-state index is 0.214. The fourth-order valence-corrected chi connectivity index (χ4v) is 3.69. The van der Waals surface area contributed by atoms with Gasteiger partial charge < -0.3 is 21.1 Å². The molecule has 0 spiro atoms.